The second-order valence-electron chi connectivity index (χ2n) is 11.0. The van der Waals surface area contributed by atoms with Gasteiger partial charge in [-0.25, -0.2) is 4.79 Å². The van der Waals surface area contributed by atoms with Crippen LogP contribution in [0.1, 0.15) is 97.2 Å². The summed E-state index contributed by atoms with van der Waals surface area (Å²) in [6.45, 7) is 2.24. The first kappa shape index (κ1) is 25.2. The number of anilines is 1. The second-order valence-corrected chi connectivity index (χ2v) is 12.1. The van der Waals surface area contributed by atoms with E-state index in [1.165, 1.54) is 22.5 Å². The molecule has 1 heterocycles. The molecule has 0 spiro atoms. The van der Waals surface area contributed by atoms with Crippen LogP contribution in [0.3, 0.4) is 0 Å². The van der Waals surface area contributed by atoms with Gasteiger partial charge in [-0.2, -0.15) is 0 Å². The number of aliphatic hydroxyl groups is 1. The molecule has 2 N–H and O–H groups in total. The van der Waals surface area contributed by atoms with Crippen molar-refractivity contribution in [3.05, 3.63) is 57.8 Å². The van der Waals surface area contributed by atoms with Gasteiger partial charge in [-0.05, 0) is 93.2 Å². The molecule has 3 aliphatic carbocycles. The van der Waals surface area contributed by atoms with Crippen molar-refractivity contribution in [1.29, 1.82) is 0 Å². The lowest BCUT2D eigenvalue weighted by atomic mass is 9.82. The standard InChI is InChI=1S/C30H37NO4S/c1-19-7-9-23(10-8-19)29(33)31(24-15-16-25(32)17-24)26-18-27(36-28(26)30(34)35)22-13-11-21(12-14-22)20-5-3-2-4-6-20/h2-6,13,18-19,21,23-25,32H,7-12,14-17H2,1H3,(H,34,35). The zero-order valence-electron chi connectivity index (χ0n) is 21.1. The van der Waals surface area contributed by atoms with E-state index < -0.39 is 12.1 Å². The summed E-state index contributed by atoms with van der Waals surface area (Å²) >= 11 is 1.30. The Morgan fingerprint density at radius 3 is 2.36 bits per heavy atom. The first-order chi connectivity index (χ1) is 17.4. The maximum Gasteiger partial charge on any atom is 0.348 e. The highest BCUT2D eigenvalue weighted by molar-refractivity contribution is 7.15. The van der Waals surface area contributed by atoms with Crippen LogP contribution in [-0.4, -0.2) is 34.2 Å². The molecule has 2 aromatic rings. The van der Waals surface area contributed by atoms with Gasteiger partial charge in [0.15, 0.2) is 0 Å². The molecule has 3 unspecified atom stereocenters. The third-order valence-electron chi connectivity index (χ3n) is 8.51. The van der Waals surface area contributed by atoms with E-state index in [0.717, 1.165) is 49.8 Å². The lowest BCUT2D eigenvalue weighted by molar-refractivity contribution is -0.124. The van der Waals surface area contributed by atoms with E-state index in [9.17, 15) is 19.8 Å². The van der Waals surface area contributed by atoms with Crippen LogP contribution in [0.2, 0.25) is 0 Å². The molecule has 0 radical (unpaired) electrons. The Hall–Kier alpha value is -2.44. The summed E-state index contributed by atoms with van der Waals surface area (Å²) in [5.74, 6) is 0.128. The van der Waals surface area contributed by atoms with Crippen LogP contribution >= 0.6 is 11.3 Å². The second kappa shape index (κ2) is 10.9. The molecule has 1 aromatic heterocycles. The van der Waals surface area contributed by atoms with Crippen LogP contribution in [0.25, 0.3) is 5.57 Å². The van der Waals surface area contributed by atoms with Crippen molar-refractivity contribution in [3.63, 3.8) is 0 Å². The van der Waals surface area contributed by atoms with Crippen molar-refractivity contribution in [2.75, 3.05) is 4.90 Å². The van der Waals surface area contributed by atoms with Crippen LogP contribution in [0.15, 0.2) is 42.5 Å². The summed E-state index contributed by atoms with van der Waals surface area (Å²) in [6, 6.07) is 12.4. The Bertz CT molecular complexity index is 1120. The first-order valence-electron chi connectivity index (χ1n) is 13.5. The maximum atomic E-state index is 13.9. The SMILES string of the molecule is CC1CCC(C(=O)N(c2cc(C3=CCC(c4ccccc4)CC3)sc2C(=O)O)C2CCC(O)C2)CC1. The number of thiophene rings is 1. The molecule has 36 heavy (non-hydrogen) atoms. The van der Waals surface area contributed by atoms with Crippen molar-refractivity contribution < 1.29 is 19.8 Å². The summed E-state index contributed by atoms with van der Waals surface area (Å²) < 4.78 is 0. The van der Waals surface area contributed by atoms with Crippen molar-refractivity contribution in [2.24, 2.45) is 11.8 Å². The fourth-order valence-electron chi connectivity index (χ4n) is 6.33. The largest absolute Gasteiger partial charge is 0.477 e. The highest BCUT2D eigenvalue weighted by Gasteiger charge is 2.39. The zero-order chi connectivity index (χ0) is 25.2. The quantitative estimate of drug-likeness (QED) is 0.447. The molecule has 6 heteroatoms. The number of amides is 1. The Kier molecular flexibility index (Phi) is 7.63. The molecule has 2 saturated carbocycles. The average Bonchev–Trinajstić information content (AvgIpc) is 3.52. The smallest absolute Gasteiger partial charge is 0.348 e. The van der Waals surface area contributed by atoms with Crippen LogP contribution in [0, 0.1) is 11.8 Å². The van der Waals surface area contributed by atoms with Gasteiger partial charge in [0, 0.05) is 16.8 Å². The third-order valence-corrected chi connectivity index (χ3v) is 9.70. The average molecular weight is 508 g/mol. The highest BCUT2D eigenvalue weighted by Crippen LogP contribution is 2.44. The van der Waals surface area contributed by atoms with Gasteiger partial charge in [0.2, 0.25) is 5.91 Å². The van der Waals surface area contributed by atoms with Gasteiger partial charge in [0.05, 0.1) is 11.8 Å². The fourth-order valence-corrected chi connectivity index (χ4v) is 7.38. The minimum absolute atomic E-state index is 0.0506. The highest BCUT2D eigenvalue weighted by atomic mass is 32.1. The molecular weight excluding hydrogens is 470 g/mol. The number of benzene rings is 1. The maximum absolute atomic E-state index is 13.9. The summed E-state index contributed by atoms with van der Waals surface area (Å²) in [6.07, 6.45) is 10.4. The number of hydrogen-bond donors (Lipinski definition) is 2. The molecule has 1 amide bonds. The van der Waals surface area contributed by atoms with Gasteiger partial charge in [-0.1, -0.05) is 43.3 Å². The number of carboxylic acids is 1. The molecule has 3 atom stereocenters. The molecule has 3 aliphatic rings. The van der Waals surface area contributed by atoms with Crippen molar-refractivity contribution >= 4 is 34.5 Å². The molecule has 2 fully saturated rings. The number of hydrogen-bond acceptors (Lipinski definition) is 4. The van der Waals surface area contributed by atoms with Gasteiger partial charge in [-0.15, -0.1) is 11.3 Å². The lowest BCUT2D eigenvalue weighted by Crippen LogP contribution is -2.44. The molecule has 0 saturated heterocycles. The number of carbonyl (C=O) groups is 2. The predicted octanol–water partition coefficient (Wildman–Crippen LogP) is 6.87. The van der Waals surface area contributed by atoms with Crippen LogP contribution in [-0.2, 0) is 4.79 Å². The van der Waals surface area contributed by atoms with Gasteiger partial charge in [0.25, 0.3) is 0 Å². The van der Waals surface area contributed by atoms with E-state index in [0.29, 0.717) is 36.8 Å². The van der Waals surface area contributed by atoms with E-state index in [-0.39, 0.29) is 22.7 Å². The molecule has 5 nitrogen and oxygen atoms in total. The van der Waals surface area contributed by atoms with Crippen molar-refractivity contribution in [1.82, 2.24) is 0 Å². The van der Waals surface area contributed by atoms with Crippen molar-refractivity contribution in [3.8, 4) is 0 Å². The van der Waals surface area contributed by atoms with E-state index in [1.54, 1.807) is 4.90 Å². The van der Waals surface area contributed by atoms with Crippen LogP contribution in [0.4, 0.5) is 5.69 Å². The number of carboxylic acid groups (broad SMARTS) is 1. The van der Waals surface area contributed by atoms with Crippen molar-refractivity contribution in [2.45, 2.75) is 89.2 Å². The van der Waals surface area contributed by atoms with E-state index in [2.05, 4.69) is 37.3 Å². The van der Waals surface area contributed by atoms with Crippen LogP contribution in [0.5, 0.6) is 0 Å². The summed E-state index contributed by atoms with van der Waals surface area (Å²) in [5.41, 5.74) is 3.08. The Labute approximate surface area is 217 Å². The predicted molar refractivity (Wildman–Crippen MR) is 145 cm³/mol. The number of allylic oxidation sites excluding steroid dienone is 2. The number of aromatic carboxylic acids is 1. The third kappa shape index (κ3) is 5.30. The Balaban J connectivity index is 1.45. The molecule has 0 aliphatic heterocycles. The first-order valence-corrected chi connectivity index (χ1v) is 14.3. The number of nitrogens with zero attached hydrogens (tertiary/aromatic N) is 1. The van der Waals surface area contributed by atoms with E-state index >= 15 is 0 Å². The number of rotatable bonds is 6. The van der Waals surface area contributed by atoms with Gasteiger partial charge in [0.1, 0.15) is 4.88 Å². The van der Waals surface area contributed by atoms with Gasteiger partial charge < -0.3 is 15.1 Å². The monoisotopic (exact) mass is 507 g/mol. The summed E-state index contributed by atoms with van der Waals surface area (Å²) in [5, 5.41) is 20.4. The molecule has 192 valence electrons. The lowest BCUT2D eigenvalue weighted by Gasteiger charge is -2.34. The number of carbonyl (C=O) groups excluding carboxylic acids is 1. The molecule has 5 rings (SSSR count). The Morgan fingerprint density at radius 1 is 1.00 bits per heavy atom. The molecular formula is C30H37NO4S. The zero-order valence-corrected chi connectivity index (χ0v) is 21.9. The topological polar surface area (TPSA) is 77.8 Å². The Morgan fingerprint density at radius 2 is 1.75 bits per heavy atom. The fraction of sp³-hybridized carbons (Fsp3) is 0.533. The normalized spacial score (nSPS) is 28.5. The number of aliphatic hydroxyl groups excluding tert-OH is 1. The minimum Gasteiger partial charge on any atom is -0.477 e. The van der Waals surface area contributed by atoms with Crippen LogP contribution < -0.4 is 4.90 Å². The minimum atomic E-state index is -0.978. The molecule has 0 bridgehead atoms. The van der Waals surface area contributed by atoms with Gasteiger partial charge >= 0.3 is 5.97 Å². The molecule has 1 aromatic carbocycles. The van der Waals surface area contributed by atoms with E-state index in [1.807, 2.05) is 12.1 Å². The van der Waals surface area contributed by atoms with Gasteiger partial charge in [-0.3, -0.25) is 4.79 Å². The summed E-state index contributed by atoms with van der Waals surface area (Å²) in [7, 11) is 0. The van der Waals surface area contributed by atoms with E-state index in [4.69, 9.17) is 0 Å². The summed E-state index contributed by atoms with van der Waals surface area (Å²) in [4.78, 5) is 29.3.